The number of halogens is 1. The minimum Gasteiger partial charge on any atom is -0.442 e. The first-order valence-corrected chi connectivity index (χ1v) is 12.0. The van der Waals surface area contributed by atoms with Crippen molar-refractivity contribution >= 4 is 52.2 Å². The van der Waals surface area contributed by atoms with Crippen molar-refractivity contribution in [1.29, 1.82) is 5.41 Å². The fourth-order valence-electron chi connectivity index (χ4n) is 4.28. The molecule has 1 saturated heterocycles. The summed E-state index contributed by atoms with van der Waals surface area (Å²) in [5, 5.41) is 14.8. The van der Waals surface area contributed by atoms with Gasteiger partial charge < -0.3 is 15.4 Å². The Hall–Kier alpha value is -2.71. The van der Waals surface area contributed by atoms with Crippen molar-refractivity contribution < 1.29 is 14.3 Å². The third-order valence-electron chi connectivity index (χ3n) is 6.04. The van der Waals surface area contributed by atoms with Gasteiger partial charge in [0, 0.05) is 34.5 Å². The van der Waals surface area contributed by atoms with Crippen LogP contribution in [0.25, 0.3) is 0 Å². The molecule has 1 aliphatic heterocycles. The summed E-state index contributed by atoms with van der Waals surface area (Å²) >= 11 is 11.2. The highest BCUT2D eigenvalue weighted by molar-refractivity contribution is 7.81. The molecule has 1 aromatic carbocycles. The van der Waals surface area contributed by atoms with E-state index in [0.717, 1.165) is 24.1 Å². The number of hydrogen-bond donors (Lipinski definition) is 3. The number of thiocarbonyl (C=S) groups is 1. The molecule has 0 aromatic heterocycles. The lowest BCUT2D eigenvalue weighted by molar-refractivity contribution is -0.117. The average molecular weight is 487 g/mol. The smallest absolute Gasteiger partial charge is 0.414 e. The Balaban J connectivity index is 1.28. The summed E-state index contributed by atoms with van der Waals surface area (Å²) in [6.45, 7) is 0.520. The molecule has 174 valence electrons. The number of benzene rings is 1. The molecule has 1 heterocycles. The molecule has 1 saturated carbocycles. The SMILES string of the molecule is N=C(Cc1ccc(N2CC(CNC(=O)C3=CC(Cl)=CCC3=S)OC2=O)cc1)NC1CCCC1. The summed E-state index contributed by atoms with van der Waals surface area (Å²) in [4.78, 5) is 26.9. The zero-order chi connectivity index (χ0) is 23.4. The third-order valence-corrected chi connectivity index (χ3v) is 6.69. The van der Waals surface area contributed by atoms with Gasteiger partial charge in [-0.3, -0.25) is 15.1 Å². The van der Waals surface area contributed by atoms with Crippen molar-refractivity contribution in [2.24, 2.45) is 0 Å². The molecular formula is C24H27ClN4O3S. The molecule has 33 heavy (non-hydrogen) atoms. The van der Waals surface area contributed by atoms with Crippen LogP contribution in [0.15, 0.2) is 47.0 Å². The Morgan fingerprint density at radius 2 is 1.97 bits per heavy atom. The van der Waals surface area contributed by atoms with Crippen LogP contribution in [0.4, 0.5) is 10.5 Å². The summed E-state index contributed by atoms with van der Waals surface area (Å²) in [7, 11) is 0. The van der Waals surface area contributed by atoms with Crippen molar-refractivity contribution in [3.8, 4) is 0 Å². The van der Waals surface area contributed by atoms with Crippen LogP contribution in [-0.2, 0) is 16.0 Å². The quantitative estimate of drug-likeness (QED) is 0.307. The normalized spacial score (nSPS) is 20.9. The van der Waals surface area contributed by atoms with Crippen molar-refractivity contribution in [3.05, 3.63) is 52.6 Å². The van der Waals surface area contributed by atoms with Crippen molar-refractivity contribution in [1.82, 2.24) is 10.6 Å². The van der Waals surface area contributed by atoms with E-state index < -0.39 is 12.2 Å². The van der Waals surface area contributed by atoms with Crippen LogP contribution in [0.1, 0.15) is 37.7 Å². The number of nitrogens with one attached hydrogen (secondary N) is 3. The first-order chi connectivity index (χ1) is 15.9. The monoisotopic (exact) mass is 486 g/mol. The van der Waals surface area contributed by atoms with Crippen LogP contribution in [0, 0.1) is 5.41 Å². The third kappa shape index (κ3) is 6.00. The lowest BCUT2D eigenvalue weighted by Crippen LogP contribution is -2.36. The van der Waals surface area contributed by atoms with Gasteiger partial charge in [0.05, 0.1) is 24.5 Å². The first-order valence-electron chi connectivity index (χ1n) is 11.2. The molecule has 1 unspecified atom stereocenters. The number of anilines is 1. The molecule has 2 fully saturated rings. The largest absolute Gasteiger partial charge is 0.442 e. The fourth-order valence-corrected chi connectivity index (χ4v) is 4.70. The van der Waals surface area contributed by atoms with Crippen LogP contribution < -0.4 is 15.5 Å². The zero-order valence-electron chi connectivity index (χ0n) is 18.2. The van der Waals surface area contributed by atoms with Crippen LogP contribution in [0.3, 0.4) is 0 Å². The van der Waals surface area contributed by atoms with Gasteiger partial charge in [0.1, 0.15) is 6.10 Å². The van der Waals surface area contributed by atoms with E-state index in [0.29, 0.717) is 46.7 Å². The van der Waals surface area contributed by atoms with Gasteiger partial charge in [-0.2, -0.15) is 0 Å². The second kappa shape index (κ2) is 10.5. The van der Waals surface area contributed by atoms with E-state index in [1.54, 1.807) is 17.1 Å². The number of ether oxygens (including phenoxy) is 1. The minimum atomic E-state index is -0.464. The summed E-state index contributed by atoms with van der Waals surface area (Å²) in [6, 6.07) is 8.00. The Bertz CT molecular complexity index is 1020. The van der Waals surface area contributed by atoms with E-state index in [1.807, 2.05) is 24.3 Å². The fraction of sp³-hybridized carbons (Fsp3) is 0.417. The van der Waals surface area contributed by atoms with Crippen molar-refractivity contribution in [2.45, 2.75) is 50.7 Å². The average Bonchev–Trinajstić information content (AvgIpc) is 3.43. The lowest BCUT2D eigenvalue weighted by atomic mass is 10.0. The van der Waals surface area contributed by atoms with Crippen LogP contribution in [0.2, 0.25) is 0 Å². The molecule has 2 amide bonds. The topological polar surface area (TPSA) is 94.5 Å². The number of allylic oxidation sites excluding steroid dienone is 3. The second-order valence-electron chi connectivity index (χ2n) is 8.55. The molecule has 3 aliphatic rings. The highest BCUT2D eigenvalue weighted by atomic mass is 35.5. The van der Waals surface area contributed by atoms with Crippen LogP contribution in [0.5, 0.6) is 0 Å². The molecule has 9 heteroatoms. The number of nitrogens with zero attached hydrogens (tertiary/aromatic N) is 1. The zero-order valence-corrected chi connectivity index (χ0v) is 19.8. The first kappa shape index (κ1) is 23.4. The second-order valence-corrected chi connectivity index (χ2v) is 9.48. The van der Waals surface area contributed by atoms with Crippen LogP contribution in [-0.4, -0.2) is 47.9 Å². The van der Waals surface area contributed by atoms with Gasteiger partial charge in [-0.05, 0) is 36.6 Å². The van der Waals surface area contributed by atoms with Crippen molar-refractivity contribution in [3.63, 3.8) is 0 Å². The summed E-state index contributed by atoms with van der Waals surface area (Å²) in [6.07, 6.45) is 8.13. The van der Waals surface area contributed by atoms with E-state index in [9.17, 15) is 9.59 Å². The van der Waals surface area contributed by atoms with Gasteiger partial charge in [-0.25, -0.2) is 4.79 Å². The van der Waals surface area contributed by atoms with E-state index in [2.05, 4.69) is 10.6 Å². The van der Waals surface area contributed by atoms with E-state index >= 15 is 0 Å². The predicted molar refractivity (Wildman–Crippen MR) is 133 cm³/mol. The van der Waals surface area contributed by atoms with Crippen LogP contribution >= 0.6 is 23.8 Å². The molecule has 0 spiro atoms. The van der Waals surface area contributed by atoms with Crippen molar-refractivity contribution in [2.75, 3.05) is 18.0 Å². The maximum Gasteiger partial charge on any atom is 0.414 e. The Morgan fingerprint density at radius 1 is 1.24 bits per heavy atom. The standard InChI is InChI=1S/C24H27ClN4O3S/c25-16-7-10-21(33)20(12-16)23(30)27-13-19-14-29(24(31)32-19)18-8-5-15(6-9-18)11-22(26)28-17-3-1-2-4-17/h5-9,12,17,19H,1-4,10-11,13-14H2,(H2,26,28)(H,27,30). The summed E-state index contributed by atoms with van der Waals surface area (Å²) in [5.74, 6) is 0.203. The maximum absolute atomic E-state index is 12.4. The van der Waals surface area contributed by atoms with Gasteiger partial charge >= 0.3 is 6.09 Å². The molecule has 1 atom stereocenters. The highest BCUT2D eigenvalue weighted by Gasteiger charge is 2.33. The highest BCUT2D eigenvalue weighted by Crippen LogP contribution is 2.23. The number of amidine groups is 1. The molecule has 7 nitrogen and oxygen atoms in total. The number of amides is 2. The number of hydrogen-bond acceptors (Lipinski definition) is 5. The molecule has 1 aromatic rings. The van der Waals surface area contributed by atoms with Gasteiger partial charge in [-0.15, -0.1) is 0 Å². The molecule has 3 N–H and O–H groups in total. The van der Waals surface area contributed by atoms with Gasteiger partial charge in [0.2, 0.25) is 0 Å². The van der Waals surface area contributed by atoms with E-state index in [-0.39, 0.29) is 12.5 Å². The van der Waals surface area contributed by atoms with Gasteiger partial charge in [0.25, 0.3) is 5.91 Å². The molecule has 2 aliphatic carbocycles. The lowest BCUT2D eigenvalue weighted by Gasteiger charge is -2.16. The van der Waals surface area contributed by atoms with E-state index in [1.165, 1.54) is 12.8 Å². The molecule has 0 radical (unpaired) electrons. The summed E-state index contributed by atoms with van der Waals surface area (Å²) < 4.78 is 5.42. The van der Waals surface area contributed by atoms with E-state index in [4.69, 9.17) is 34.0 Å². The maximum atomic E-state index is 12.4. The molecule has 0 bridgehead atoms. The Morgan fingerprint density at radius 3 is 2.70 bits per heavy atom. The van der Waals surface area contributed by atoms with Gasteiger partial charge in [-0.1, -0.05) is 54.9 Å². The Kier molecular flexibility index (Phi) is 7.45. The van der Waals surface area contributed by atoms with Gasteiger partial charge in [0.15, 0.2) is 0 Å². The Labute approximate surface area is 203 Å². The number of rotatable bonds is 7. The molecule has 4 rings (SSSR count). The number of cyclic esters (lactones) is 1. The summed E-state index contributed by atoms with van der Waals surface area (Å²) in [5.41, 5.74) is 2.11. The minimum absolute atomic E-state index is 0.185. The number of carbonyl (C=O) groups excluding carboxylic acids is 2. The number of carbonyl (C=O) groups is 2. The predicted octanol–water partition coefficient (Wildman–Crippen LogP) is 4.00. The molecular weight excluding hydrogens is 460 g/mol.